The molecule has 7 heteroatoms. The molecule has 0 unspecified atom stereocenters. The Morgan fingerprint density at radius 2 is 1.78 bits per heavy atom. The zero-order valence-corrected chi connectivity index (χ0v) is 16.1. The Labute approximate surface area is 160 Å². The van der Waals surface area contributed by atoms with Crippen LogP contribution in [-0.4, -0.2) is 53.5 Å². The largest absolute Gasteiger partial charge is 0.481 e. The van der Waals surface area contributed by atoms with Crippen molar-refractivity contribution in [3.8, 4) is 0 Å². The van der Waals surface area contributed by atoms with Gasteiger partial charge in [-0.15, -0.1) is 0 Å². The molecular weight excluding hydrogens is 346 g/mol. The standard InChI is InChI=1S/C20H29N3O4/c1-14-5-3-6-15(2)20(14)22-18(25)13-23(16-8-9-16)12-10-17(24)21-11-4-7-19(26)27/h3,5-6,16H,4,7-13H2,1-2H3,(H,21,24)(H,22,25)(H,26,27). The van der Waals surface area contributed by atoms with E-state index >= 15 is 0 Å². The quantitative estimate of drug-likeness (QED) is 0.514. The molecule has 0 radical (unpaired) electrons. The normalized spacial score (nSPS) is 13.4. The summed E-state index contributed by atoms with van der Waals surface area (Å²) in [6.07, 6.45) is 2.88. The van der Waals surface area contributed by atoms with Crippen molar-refractivity contribution in [2.45, 2.75) is 52.0 Å². The van der Waals surface area contributed by atoms with Crippen molar-refractivity contribution in [1.29, 1.82) is 0 Å². The molecule has 0 aliphatic heterocycles. The molecule has 2 amide bonds. The van der Waals surface area contributed by atoms with Gasteiger partial charge >= 0.3 is 5.97 Å². The predicted octanol–water partition coefficient (Wildman–Crippen LogP) is 2.08. The Morgan fingerprint density at radius 3 is 2.37 bits per heavy atom. The number of hydrogen-bond donors (Lipinski definition) is 3. The zero-order valence-electron chi connectivity index (χ0n) is 16.1. The van der Waals surface area contributed by atoms with E-state index in [2.05, 4.69) is 15.5 Å². The first-order valence-corrected chi connectivity index (χ1v) is 9.45. The highest BCUT2D eigenvalue weighted by Crippen LogP contribution is 2.27. The summed E-state index contributed by atoms with van der Waals surface area (Å²) in [7, 11) is 0. The monoisotopic (exact) mass is 375 g/mol. The summed E-state index contributed by atoms with van der Waals surface area (Å²) in [6, 6.07) is 6.27. The van der Waals surface area contributed by atoms with Gasteiger partial charge in [-0.2, -0.15) is 0 Å². The number of amides is 2. The summed E-state index contributed by atoms with van der Waals surface area (Å²) in [6.45, 7) is 5.09. The maximum atomic E-state index is 12.5. The molecule has 148 valence electrons. The molecular formula is C20H29N3O4. The van der Waals surface area contributed by atoms with Gasteiger partial charge in [-0.05, 0) is 44.2 Å². The average molecular weight is 375 g/mol. The molecule has 2 rings (SSSR count). The van der Waals surface area contributed by atoms with Crippen molar-refractivity contribution < 1.29 is 19.5 Å². The van der Waals surface area contributed by atoms with Gasteiger partial charge in [0, 0.05) is 37.7 Å². The van der Waals surface area contributed by atoms with E-state index in [1.807, 2.05) is 32.0 Å². The molecule has 1 saturated carbocycles. The first-order valence-electron chi connectivity index (χ1n) is 9.45. The van der Waals surface area contributed by atoms with Gasteiger partial charge in [0.05, 0.1) is 6.54 Å². The Morgan fingerprint density at radius 1 is 1.11 bits per heavy atom. The van der Waals surface area contributed by atoms with Gasteiger partial charge in [0.1, 0.15) is 0 Å². The number of carbonyl (C=O) groups excluding carboxylic acids is 2. The van der Waals surface area contributed by atoms with Crippen molar-refractivity contribution in [3.63, 3.8) is 0 Å². The van der Waals surface area contributed by atoms with Crippen LogP contribution in [0.1, 0.15) is 43.2 Å². The summed E-state index contributed by atoms with van der Waals surface area (Å²) in [5, 5.41) is 14.3. The van der Waals surface area contributed by atoms with Crippen molar-refractivity contribution in [3.05, 3.63) is 29.3 Å². The minimum absolute atomic E-state index is 0.0486. The van der Waals surface area contributed by atoms with E-state index in [0.29, 0.717) is 32.0 Å². The topological polar surface area (TPSA) is 98.7 Å². The number of hydrogen-bond acceptors (Lipinski definition) is 4. The molecule has 1 aliphatic carbocycles. The molecule has 0 saturated heterocycles. The first-order chi connectivity index (χ1) is 12.9. The van der Waals surface area contributed by atoms with Gasteiger partial charge in [0.15, 0.2) is 0 Å². The van der Waals surface area contributed by atoms with E-state index in [1.165, 1.54) is 0 Å². The predicted molar refractivity (Wildman–Crippen MR) is 104 cm³/mol. The number of anilines is 1. The Bertz CT molecular complexity index is 666. The van der Waals surface area contributed by atoms with E-state index in [-0.39, 0.29) is 24.8 Å². The third-order valence-electron chi connectivity index (χ3n) is 4.67. The molecule has 0 heterocycles. The van der Waals surface area contributed by atoms with E-state index in [0.717, 1.165) is 29.7 Å². The minimum atomic E-state index is -0.862. The molecule has 0 spiro atoms. The van der Waals surface area contributed by atoms with E-state index in [1.54, 1.807) is 0 Å². The van der Waals surface area contributed by atoms with Crippen LogP contribution < -0.4 is 10.6 Å². The lowest BCUT2D eigenvalue weighted by atomic mass is 10.1. The minimum Gasteiger partial charge on any atom is -0.481 e. The second-order valence-electron chi connectivity index (χ2n) is 7.11. The maximum absolute atomic E-state index is 12.5. The average Bonchev–Trinajstić information content (AvgIpc) is 3.43. The summed E-state index contributed by atoms with van der Waals surface area (Å²) in [4.78, 5) is 36.9. The molecule has 0 aromatic heterocycles. The van der Waals surface area contributed by atoms with Gasteiger partial charge in [0.2, 0.25) is 11.8 Å². The van der Waals surface area contributed by atoms with Crippen molar-refractivity contribution >= 4 is 23.5 Å². The van der Waals surface area contributed by atoms with Crippen molar-refractivity contribution in [2.24, 2.45) is 0 Å². The first kappa shape index (κ1) is 20.9. The molecule has 3 N–H and O–H groups in total. The highest BCUT2D eigenvalue weighted by molar-refractivity contribution is 5.93. The van der Waals surface area contributed by atoms with E-state index in [4.69, 9.17) is 5.11 Å². The fraction of sp³-hybridized carbons (Fsp3) is 0.550. The van der Waals surface area contributed by atoms with Crippen LogP contribution in [0.5, 0.6) is 0 Å². The number of aliphatic carboxylic acids is 1. The molecule has 0 bridgehead atoms. The van der Waals surface area contributed by atoms with Crippen LogP contribution in [0.2, 0.25) is 0 Å². The highest BCUT2D eigenvalue weighted by atomic mass is 16.4. The van der Waals surface area contributed by atoms with Crippen LogP contribution >= 0.6 is 0 Å². The number of benzene rings is 1. The Hall–Kier alpha value is -2.41. The zero-order chi connectivity index (χ0) is 19.8. The fourth-order valence-electron chi connectivity index (χ4n) is 3.01. The van der Waals surface area contributed by atoms with E-state index < -0.39 is 5.97 Å². The Balaban J connectivity index is 1.77. The van der Waals surface area contributed by atoms with Gasteiger partial charge in [0.25, 0.3) is 0 Å². The summed E-state index contributed by atoms with van der Waals surface area (Å²) >= 11 is 0. The molecule has 1 aromatic rings. The summed E-state index contributed by atoms with van der Waals surface area (Å²) < 4.78 is 0. The van der Waals surface area contributed by atoms with Crippen LogP contribution in [0.15, 0.2) is 18.2 Å². The fourth-order valence-corrected chi connectivity index (χ4v) is 3.01. The number of para-hydroxylation sites is 1. The SMILES string of the molecule is Cc1cccc(C)c1NC(=O)CN(CCC(=O)NCCCC(=O)O)C1CC1. The number of carboxylic acids is 1. The van der Waals surface area contributed by atoms with Crippen molar-refractivity contribution in [2.75, 3.05) is 25.0 Å². The van der Waals surface area contributed by atoms with Crippen LogP contribution in [-0.2, 0) is 14.4 Å². The molecule has 0 atom stereocenters. The van der Waals surface area contributed by atoms with Crippen molar-refractivity contribution in [1.82, 2.24) is 10.2 Å². The van der Waals surface area contributed by atoms with Gasteiger partial charge in [-0.1, -0.05) is 18.2 Å². The number of carboxylic acid groups (broad SMARTS) is 1. The van der Waals surface area contributed by atoms with Gasteiger partial charge < -0.3 is 15.7 Å². The highest BCUT2D eigenvalue weighted by Gasteiger charge is 2.30. The second-order valence-corrected chi connectivity index (χ2v) is 7.11. The number of aryl methyl sites for hydroxylation is 2. The van der Waals surface area contributed by atoms with E-state index in [9.17, 15) is 14.4 Å². The molecule has 27 heavy (non-hydrogen) atoms. The van der Waals surface area contributed by atoms with Crippen LogP contribution in [0.3, 0.4) is 0 Å². The second kappa shape index (κ2) is 10.1. The number of nitrogens with one attached hydrogen (secondary N) is 2. The van der Waals surface area contributed by atoms with Crippen LogP contribution in [0.4, 0.5) is 5.69 Å². The lowest BCUT2D eigenvalue weighted by molar-refractivity contribution is -0.137. The smallest absolute Gasteiger partial charge is 0.303 e. The maximum Gasteiger partial charge on any atom is 0.303 e. The molecule has 1 aromatic carbocycles. The third-order valence-corrected chi connectivity index (χ3v) is 4.67. The number of rotatable bonds is 11. The summed E-state index contributed by atoms with van der Waals surface area (Å²) in [5.74, 6) is -1.04. The lowest BCUT2D eigenvalue weighted by Crippen LogP contribution is -2.38. The lowest BCUT2D eigenvalue weighted by Gasteiger charge is -2.22. The summed E-state index contributed by atoms with van der Waals surface area (Å²) in [5.41, 5.74) is 2.92. The van der Waals surface area contributed by atoms with Gasteiger partial charge in [-0.3, -0.25) is 19.3 Å². The van der Waals surface area contributed by atoms with Crippen LogP contribution in [0.25, 0.3) is 0 Å². The molecule has 7 nitrogen and oxygen atoms in total. The van der Waals surface area contributed by atoms with Crippen LogP contribution in [0, 0.1) is 13.8 Å². The van der Waals surface area contributed by atoms with Gasteiger partial charge in [-0.25, -0.2) is 0 Å². The Kier molecular flexibility index (Phi) is 7.79. The third kappa shape index (κ3) is 7.38. The number of carbonyl (C=O) groups is 3. The molecule has 1 aliphatic rings. The number of nitrogens with zero attached hydrogens (tertiary/aromatic N) is 1. The molecule has 1 fully saturated rings.